The van der Waals surface area contributed by atoms with Gasteiger partial charge in [0.15, 0.2) is 11.5 Å². The molecule has 150 valence electrons. The number of nitrogens with one attached hydrogen (secondary N) is 2. The molecular formula is C18H21N3O6S. The molecule has 0 fully saturated rings. The second-order valence-electron chi connectivity index (χ2n) is 6.36. The third-order valence-corrected chi connectivity index (χ3v) is 5.12. The van der Waals surface area contributed by atoms with E-state index in [1.807, 2.05) is 43.2 Å². The third-order valence-electron chi connectivity index (χ3n) is 3.83. The van der Waals surface area contributed by atoms with E-state index in [1.54, 1.807) is 6.07 Å². The van der Waals surface area contributed by atoms with Crippen molar-refractivity contribution < 1.29 is 22.9 Å². The monoisotopic (exact) mass is 407 g/mol. The lowest BCUT2D eigenvalue weighted by molar-refractivity contribution is -0.387. The van der Waals surface area contributed by atoms with Crippen LogP contribution in [-0.2, 0) is 14.8 Å². The largest absolute Gasteiger partial charge is 0.483 e. The molecule has 0 atom stereocenters. The predicted molar refractivity (Wildman–Crippen MR) is 102 cm³/mol. The summed E-state index contributed by atoms with van der Waals surface area (Å²) in [7, 11) is -4.32. The summed E-state index contributed by atoms with van der Waals surface area (Å²) < 4.78 is 30.0. The number of nitro groups is 1. The maximum absolute atomic E-state index is 12.3. The minimum absolute atomic E-state index is 0.177. The Labute approximate surface area is 162 Å². The second kappa shape index (κ2) is 8.81. The number of para-hydroxylation sites is 1. The Morgan fingerprint density at radius 1 is 1.21 bits per heavy atom. The van der Waals surface area contributed by atoms with Gasteiger partial charge in [0.2, 0.25) is 0 Å². The Morgan fingerprint density at radius 2 is 1.89 bits per heavy atom. The van der Waals surface area contributed by atoms with Crippen LogP contribution in [0.15, 0.2) is 47.4 Å². The number of nitrogens with zero attached hydrogens (tertiary/aromatic N) is 1. The van der Waals surface area contributed by atoms with Gasteiger partial charge in [-0.15, -0.1) is 4.83 Å². The Balaban J connectivity index is 2.04. The fraction of sp³-hybridized carbons (Fsp3) is 0.278. The van der Waals surface area contributed by atoms with Crippen LogP contribution in [0.1, 0.15) is 30.9 Å². The second-order valence-corrected chi connectivity index (χ2v) is 8.01. The summed E-state index contributed by atoms with van der Waals surface area (Å²) in [5.74, 6) is -0.0409. The molecule has 10 heteroatoms. The van der Waals surface area contributed by atoms with Gasteiger partial charge in [0, 0.05) is 6.07 Å². The Kier molecular flexibility index (Phi) is 6.71. The first-order valence-corrected chi connectivity index (χ1v) is 9.87. The molecule has 2 aromatic rings. The van der Waals surface area contributed by atoms with E-state index in [1.165, 1.54) is 12.1 Å². The summed E-state index contributed by atoms with van der Waals surface area (Å²) >= 11 is 0. The highest BCUT2D eigenvalue weighted by Gasteiger charge is 2.25. The molecule has 0 radical (unpaired) electrons. The average Bonchev–Trinajstić information content (AvgIpc) is 2.64. The van der Waals surface area contributed by atoms with E-state index in [0.717, 1.165) is 23.3 Å². The zero-order valence-corrected chi connectivity index (χ0v) is 16.4. The highest BCUT2D eigenvalue weighted by Crippen LogP contribution is 2.27. The maximum atomic E-state index is 12.3. The van der Waals surface area contributed by atoms with Crippen molar-refractivity contribution in [2.75, 3.05) is 6.61 Å². The molecule has 2 rings (SSSR count). The topological polar surface area (TPSA) is 128 Å². The summed E-state index contributed by atoms with van der Waals surface area (Å²) in [6.07, 6.45) is 0. The molecule has 0 saturated heterocycles. The first-order chi connectivity index (χ1) is 13.1. The molecule has 0 aliphatic rings. The number of hydrazine groups is 1. The fourth-order valence-electron chi connectivity index (χ4n) is 2.44. The summed E-state index contributed by atoms with van der Waals surface area (Å²) in [5.41, 5.74) is 3.27. The minimum atomic E-state index is -4.32. The van der Waals surface area contributed by atoms with E-state index in [0.29, 0.717) is 5.75 Å². The molecule has 1 amide bonds. The van der Waals surface area contributed by atoms with Crippen LogP contribution >= 0.6 is 0 Å². The fourth-order valence-corrected chi connectivity index (χ4v) is 3.47. The first-order valence-electron chi connectivity index (χ1n) is 8.39. The van der Waals surface area contributed by atoms with Gasteiger partial charge in [-0.25, -0.2) is 8.42 Å². The molecule has 0 spiro atoms. The lowest BCUT2D eigenvalue weighted by Crippen LogP contribution is -2.43. The van der Waals surface area contributed by atoms with E-state index in [4.69, 9.17) is 4.74 Å². The number of aryl methyl sites for hydroxylation is 1. The molecule has 2 aromatic carbocycles. The van der Waals surface area contributed by atoms with Crippen LogP contribution in [-0.4, -0.2) is 25.9 Å². The lowest BCUT2D eigenvalue weighted by atomic mass is 10.0. The quantitative estimate of drug-likeness (QED) is 0.511. The molecule has 28 heavy (non-hydrogen) atoms. The van der Waals surface area contributed by atoms with Crippen molar-refractivity contribution in [3.8, 4) is 5.75 Å². The van der Waals surface area contributed by atoms with E-state index in [-0.39, 0.29) is 5.92 Å². The normalized spacial score (nSPS) is 11.3. The van der Waals surface area contributed by atoms with Gasteiger partial charge in [0.1, 0.15) is 5.75 Å². The van der Waals surface area contributed by atoms with Gasteiger partial charge in [-0.05, 0) is 36.1 Å². The van der Waals surface area contributed by atoms with Crippen LogP contribution < -0.4 is 15.0 Å². The molecule has 0 aromatic heterocycles. The number of ether oxygens (including phenoxy) is 1. The number of amides is 1. The van der Waals surface area contributed by atoms with Crippen LogP contribution in [0.2, 0.25) is 0 Å². The summed E-state index contributed by atoms with van der Waals surface area (Å²) in [6.45, 7) is 5.43. The zero-order chi connectivity index (χ0) is 20.9. The van der Waals surface area contributed by atoms with Crippen molar-refractivity contribution in [1.82, 2.24) is 10.3 Å². The van der Waals surface area contributed by atoms with Crippen molar-refractivity contribution in [1.29, 1.82) is 0 Å². The van der Waals surface area contributed by atoms with Crippen molar-refractivity contribution in [2.45, 2.75) is 31.6 Å². The van der Waals surface area contributed by atoms with Crippen LogP contribution in [0.4, 0.5) is 5.69 Å². The number of hydrogen-bond acceptors (Lipinski definition) is 6. The van der Waals surface area contributed by atoms with Crippen molar-refractivity contribution >= 4 is 21.6 Å². The van der Waals surface area contributed by atoms with Gasteiger partial charge >= 0.3 is 0 Å². The van der Waals surface area contributed by atoms with Crippen molar-refractivity contribution in [3.63, 3.8) is 0 Å². The highest BCUT2D eigenvalue weighted by atomic mass is 32.2. The van der Waals surface area contributed by atoms with Gasteiger partial charge in [-0.3, -0.25) is 20.3 Å². The molecule has 0 aliphatic carbocycles. The zero-order valence-electron chi connectivity index (χ0n) is 15.6. The molecule has 0 unspecified atom stereocenters. The number of hydrogen-bond donors (Lipinski definition) is 2. The summed E-state index contributed by atoms with van der Waals surface area (Å²) in [4.78, 5) is 23.4. The number of carbonyl (C=O) groups is 1. The van der Waals surface area contributed by atoms with Crippen molar-refractivity contribution in [2.24, 2.45) is 0 Å². The standard InChI is InChI=1S/C18H21N3O6S/c1-12(2)14-9-8-13(3)10-16(14)27-11-18(22)19-20-28(25,26)17-7-5-4-6-15(17)21(23)24/h4-10,12,20H,11H2,1-3H3,(H,19,22). The maximum Gasteiger partial charge on any atom is 0.289 e. The number of carbonyl (C=O) groups excluding carboxylic acids is 1. The van der Waals surface area contributed by atoms with Crippen LogP contribution in [0, 0.1) is 17.0 Å². The number of sulfonamides is 1. The Hall–Kier alpha value is -2.98. The van der Waals surface area contributed by atoms with Crippen molar-refractivity contribution in [3.05, 3.63) is 63.7 Å². The lowest BCUT2D eigenvalue weighted by Gasteiger charge is -2.15. The highest BCUT2D eigenvalue weighted by molar-refractivity contribution is 7.89. The number of nitro benzene ring substituents is 1. The molecule has 2 N–H and O–H groups in total. The van der Waals surface area contributed by atoms with E-state index in [2.05, 4.69) is 0 Å². The smallest absolute Gasteiger partial charge is 0.289 e. The Bertz CT molecular complexity index is 989. The van der Waals surface area contributed by atoms with Gasteiger partial charge in [-0.2, -0.15) is 0 Å². The number of benzene rings is 2. The molecule has 0 saturated carbocycles. The van der Waals surface area contributed by atoms with E-state index >= 15 is 0 Å². The molecule has 0 heterocycles. The first kappa shape index (κ1) is 21.3. The molecule has 9 nitrogen and oxygen atoms in total. The predicted octanol–water partition coefficient (Wildman–Crippen LogP) is 2.42. The average molecular weight is 407 g/mol. The van der Waals surface area contributed by atoms with Gasteiger partial charge < -0.3 is 4.74 Å². The SMILES string of the molecule is Cc1ccc(C(C)C)c(OCC(=O)NNS(=O)(=O)c2ccccc2[N+](=O)[O-])c1. The van der Waals surface area contributed by atoms with E-state index in [9.17, 15) is 23.3 Å². The van der Waals surface area contributed by atoms with Crippen LogP contribution in [0.25, 0.3) is 0 Å². The third kappa shape index (κ3) is 5.27. The molecule has 0 aliphatic heterocycles. The minimum Gasteiger partial charge on any atom is -0.483 e. The van der Waals surface area contributed by atoms with E-state index < -0.39 is 38.0 Å². The molecule has 0 bridgehead atoms. The summed E-state index contributed by atoms with van der Waals surface area (Å²) in [5, 5.41) is 11.0. The van der Waals surface area contributed by atoms with Gasteiger partial charge in [0.25, 0.3) is 21.6 Å². The molecular weight excluding hydrogens is 386 g/mol. The number of rotatable bonds is 8. The summed E-state index contributed by atoms with van der Waals surface area (Å²) in [6, 6.07) is 10.5. The Morgan fingerprint density at radius 3 is 2.54 bits per heavy atom. The van der Waals surface area contributed by atoms with Gasteiger partial charge in [0.05, 0.1) is 4.92 Å². The van der Waals surface area contributed by atoms with Gasteiger partial charge in [-0.1, -0.05) is 38.1 Å². The van der Waals surface area contributed by atoms with Crippen LogP contribution in [0.3, 0.4) is 0 Å². The van der Waals surface area contributed by atoms with Crippen LogP contribution in [0.5, 0.6) is 5.75 Å².